The first-order chi connectivity index (χ1) is 8.08. The molecule has 0 aliphatic rings. The molecular formula is C14H20N2O. The molecule has 1 heterocycles. The van der Waals surface area contributed by atoms with E-state index in [4.69, 9.17) is 0 Å². The predicted molar refractivity (Wildman–Crippen MR) is 70.6 cm³/mol. The Hall–Kier alpha value is -1.64. The Balaban J connectivity index is 3.09. The van der Waals surface area contributed by atoms with Crippen LogP contribution in [0.15, 0.2) is 24.5 Å². The molecule has 0 saturated heterocycles. The van der Waals surface area contributed by atoms with Crippen molar-refractivity contribution in [2.45, 2.75) is 26.7 Å². The van der Waals surface area contributed by atoms with E-state index in [-0.39, 0.29) is 5.78 Å². The van der Waals surface area contributed by atoms with Crippen molar-refractivity contribution in [2.75, 3.05) is 14.1 Å². The molecule has 0 aromatic carbocycles. The minimum atomic E-state index is 0.121. The number of rotatable bonds is 5. The summed E-state index contributed by atoms with van der Waals surface area (Å²) >= 11 is 0. The van der Waals surface area contributed by atoms with Crippen molar-refractivity contribution in [3.63, 3.8) is 0 Å². The van der Waals surface area contributed by atoms with Gasteiger partial charge in [-0.2, -0.15) is 0 Å². The Kier molecular flexibility index (Phi) is 4.88. The monoisotopic (exact) mass is 232 g/mol. The summed E-state index contributed by atoms with van der Waals surface area (Å²) in [7, 11) is 3.81. The molecule has 0 spiro atoms. The van der Waals surface area contributed by atoms with E-state index in [2.05, 4.69) is 11.9 Å². The Morgan fingerprint density at radius 1 is 1.35 bits per heavy atom. The van der Waals surface area contributed by atoms with Gasteiger partial charge in [0.15, 0.2) is 5.78 Å². The molecule has 0 bridgehead atoms. The van der Waals surface area contributed by atoms with Crippen LogP contribution in [-0.4, -0.2) is 29.8 Å². The molecule has 0 radical (unpaired) electrons. The molecule has 92 valence electrons. The van der Waals surface area contributed by atoms with Crippen molar-refractivity contribution >= 4 is 11.4 Å². The van der Waals surface area contributed by atoms with E-state index in [9.17, 15) is 4.79 Å². The molecule has 1 rings (SSSR count). The Morgan fingerprint density at radius 2 is 2.06 bits per heavy atom. The van der Waals surface area contributed by atoms with Crippen molar-refractivity contribution in [3.05, 3.63) is 35.8 Å². The Bertz CT molecular complexity index is 405. The Labute approximate surface area is 103 Å². The van der Waals surface area contributed by atoms with E-state index in [0.717, 1.165) is 12.1 Å². The zero-order valence-electron chi connectivity index (χ0n) is 11.0. The van der Waals surface area contributed by atoms with Crippen LogP contribution in [0.5, 0.6) is 0 Å². The molecule has 0 unspecified atom stereocenters. The lowest BCUT2D eigenvalue weighted by molar-refractivity contribution is -0.113. The topological polar surface area (TPSA) is 33.2 Å². The third kappa shape index (κ3) is 3.70. The number of hydrogen-bond acceptors (Lipinski definition) is 3. The average Bonchev–Trinajstić information content (AvgIpc) is 2.35. The standard InChI is InChI=1S/C14H20N2O/c1-5-11-7-8-13(15-9-11)12(10-16(3)4)14(17)6-2/h7-10H,5-6H2,1-4H3/b12-10-. The number of aromatic nitrogens is 1. The predicted octanol–water partition coefficient (Wildman–Crippen LogP) is 2.53. The molecule has 0 saturated carbocycles. The minimum Gasteiger partial charge on any atom is -0.383 e. The second-order valence-corrected chi connectivity index (χ2v) is 4.19. The highest BCUT2D eigenvalue weighted by atomic mass is 16.1. The summed E-state index contributed by atoms with van der Waals surface area (Å²) in [6.45, 7) is 3.96. The van der Waals surface area contributed by atoms with Gasteiger partial charge in [-0.3, -0.25) is 9.78 Å². The maximum Gasteiger partial charge on any atom is 0.166 e. The van der Waals surface area contributed by atoms with E-state index in [1.807, 2.05) is 50.4 Å². The van der Waals surface area contributed by atoms with Gasteiger partial charge in [-0.15, -0.1) is 0 Å². The Morgan fingerprint density at radius 3 is 2.47 bits per heavy atom. The van der Waals surface area contributed by atoms with Crippen molar-refractivity contribution in [3.8, 4) is 0 Å². The van der Waals surface area contributed by atoms with Crippen LogP contribution in [0.2, 0.25) is 0 Å². The number of hydrogen-bond donors (Lipinski definition) is 0. The molecule has 1 aromatic heterocycles. The van der Waals surface area contributed by atoms with Crippen LogP contribution in [0.3, 0.4) is 0 Å². The molecule has 0 N–H and O–H groups in total. The van der Waals surface area contributed by atoms with E-state index in [0.29, 0.717) is 12.0 Å². The number of ketones is 1. The molecule has 1 aromatic rings. The van der Waals surface area contributed by atoms with Gasteiger partial charge in [-0.25, -0.2) is 0 Å². The van der Waals surface area contributed by atoms with Crippen LogP contribution >= 0.6 is 0 Å². The van der Waals surface area contributed by atoms with Crippen LogP contribution in [0.25, 0.3) is 5.57 Å². The molecule has 17 heavy (non-hydrogen) atoms. The first-order valence-electron chi connectivity index (χ1n) is 5.95. The first kappa shape index (κ1) is 13.4. The minimum absolute atomic E-state index is 0.121. The number of allylic oxidation sites excluding steroid dienone is 1. The number of pyridine rings is 1. The fraction of sp³-hybridized carbons (Fsp3) is 0.429. The van der Waals surface area contributed by atoms with Crippen molar-refractivity contribution in [2.24, 2.45) is 0 Å². The molecule has 3 heteroatoms. The van der Waals surface area contributed by atoms with Gasteiger partial charge in [0.1, 0.15) is 0 Å². The number of carbonyl (C=O) groups is 1. The number of Topliss-reactive ketones (excluding diaryl/α,β-unsaturated/α-hetero) is 1. The van der Waals surface area contributed by atoms with Gasteiger partial charge in [0.05, 0.1) is 11.3 Å². The van der Waals surface area contributed by atoms with Gasteiger partial charge in [0, 0.05) is 32.9 Å². The number of carbonyl (C=O) groups excluding carboxylic acids is 1. The third-order valence-electron chi connectivity index (χ3n) is 2.52. The summed E-state index contributed by atoms with van der Waals surface area (Å²) in [5, 5.41) is 0. The zero-order chi connectivity index (χ0) is 12.8. The van der Waals surface area contributed by atoms with E-state index in [1.165, 1.54) is 5.56 Å². The molecule has 0 fully saturated rings. The van der Waals surface area contributed by atoms with Crippen LogP contribution in [0, 0.1) is 0 Å². The third-order valence-corrected chi connectivity index (χ3v) is 2.52. The summed E-state index contributed by atoms with van der Waals surface area (Å²) < 4.78 is 0. The molecular weight excluding hydrogens is 212 g/mol. The fourth-order valence-electron chi connectivity index (χ4n) is 1.52. The first-order valence-corrected chi connectivity index (χ1v) is 5.95. The van der Waals surface area contributed by atoms with Gasteiger partial charge < -0.3 is 4.90 Å². The van der Waals surface area contributed by atoms with Crippen molar-refractivity contribution < 1.29 is 4.79 Å². The molecule has 0 atom stereocenters. The lowest BCUT2D eigenvalue weighted by Crippen LogP contribution is -2.09. The zero-order valence-corrected chi connectivity index (χ0v) is 11.0. The maximum atomic E-state index is 11.9. The maximum absolute atomic E-state index is 11.9. The van der Waals surface area contributed by atoms with Gasteiger partial charge in [-0.1, -0.05) is 19.9 Å². The summed E-state index contributed by atoms with van der Waals surface area (Å²) in [5.41, 5.74) is 2.62. The largest absolute Gasteiger partial charge is 0.383 e. The van der Waals surface area contributed by atoms with Crippen molar-refractivity contribution in [1.82, 2.24) is 9.88 Å². The van der Waals surface area contributed by atoms with E-state index >= 15 is 0 Å². The summed E-state index contributed by atoms with van der Waals surface area (Å²) in [5.74, 6) is 0.121. The van der Waals surface area contributed by atoms with Gasteiger partial charge >= 0.3 is 0 Å². The van der Waals surface area contributed by atoms with E-state index in [1.54, 1.807) is 0 Å². The molecule has 3 nitrogen and oxygen atoms in total. The van der Waals surface area contributed by atoms with E-state index < -0.39 is 0 Å². The second-order valence-electron chi connectivity index (χ2n) is 4.19. The fourth-order valence-corrected chi connectivity index (χ4v) is 1.52. The summed E-state index contributed by atoms with van der Waals surface area (Å²) in [6, 6.07) is 3.94. The highest BCUT2D eigenvalue weighted by molar-refractivity contribution is 6.19. The van der Waals surface area contributed by atoms with Gasteiger partial charge in [0.2, 0.25) is 0 Å². The lowest BCUT2D eigenvalue weighted by Gasteiger charge is -2.10. The number of nitrogens with zero attached hydrogens (tertiary/aromatic N) is 2. The smallest absolute Gasteiger partial charge is 0.166 e. The van der Waals surface area contributed by atoms with Crippen LogP contribution in [0.4, 0.5) is 0 Å². The van der Waals surface area contributed by atoms with Crippen LogP contribution < -0.4 is 0 Å². The van der Waals surface area contributed by atoms with Crippen LogP contribution in [0.1, 0.15) is 31.5 Å². The molecule has 0 aliphatic carbocycles. The normalized spacial score (nSPS) is 11.4. The quantitative estimate of drug-likeness (QED) is 0.731. The van der Waals surface area contributed by atoms with Crippen molar-refractivity contribution in [1.29, 1.82) is 0 Å². The highest BCUT2D eigenvalue weighted by Gasteiger charge is 2.11. The SMILES string of the molecule is CCC(=O)/C(=C\N(C)C)c1ccc(CC)cn1. The lowest BCUT2D eigenvalue weighted by atomic mass is 10.1. The van der Waals surface area contributed by atoms with Gasteiger partial charge in [-0.05, 0) is 18.1 Å². The molecule has 0 amide bonds. The van der Waals surface area contributed by atoms with Crippen LogP contribution in [-0.2, 0) is 11.2 Å². The number of aryl methyl sites for hydroxylation is 1. The second kappa shape index (κ2) is 6.18. The molecule has 0 aliphatic heterocycles. The summed E-state index contributed by atoms with van der Waals surface area (Å²) in [6.07, 6.45) is 5.13. The van der Waals surface area contributed by atoms with Gasteiger partial charge in [0.25, 0.3) is 0 Å². The highest BCUT2D eigenvalue weighted by Crippen LogP contribution is 2.15. The summed E-state index contributed by atoms with van der Waals surface area (Å²) in [4.78, 5) is 18.1. The average molecular weight is 232 g/mol.